The molecule has 1 aliphatic heterocycles. The van der Waals surface area contributed by atoms with Gasteiger partial charge in [0.1, 0.15) is 5.75 Å². The molecule has 23 heavy (non-hydrogen) atoms. The molecule has 1 aromatic rings. The van der Waals surface area contributed by atoms with Crippen LogP contribution in [0, 0.1) is 0 Å². The van der Waals surface area contributed by atoms with Crippen molar-refractivity contribution in [2.24, 2.45) is 0 Å². The molecule has 6 nitrogen and oxygen atoms in total. The molecule has 1 unspecified atom stereocenters. The van der Waals surface area contributed by atoms with E-state index in [2.05, 4.69) is 0 Å². The minimum absolute atomic E-state index is 0.152. The van der Waals surface area contributed by atoms with Gasteiger partial charge >= 0.3 is 0 Å². The maximum atomic E-state index is 12.5. The van der Waals surface area contributed by atoms with Crippen molar-refractivity contribution in [3.63, 3.8) is 0 Å². The zero-order valence-corrected chi connectivity index (χ0v) is 14.8. The zero-order valence-electron chi connectivity index (χ0n) is 13.2. The standard InChI is InChI=1S/C15H21ClN2O4S/c1-12(22-14-6-3-5-13(16)11-14)15(19)17-7-4-8-18(10-9-17)23(2,20)21/h3,5-6,11-12H,4,7-10H2,1-2H3. The first-order chi connectivity index (χ1) is 10.8. The molecule has 2 rings (SSSR count). The smallest absolute Gasteiger partial charge is 0.263 e. The van der Waals surface area contributed by atoms with Gasteiger partial charge in [-0.3, -0.25) is 4.79 Å². The van der Waals surface area contributed by atoms with Gasteiger partial charge in [0.2, 0.25) is 10.0 Å². The predicted octanol–water partition coefficient (Wildman–Crippen LogP) is 1.60. The van der Waals surface area contributed by atoms with Crippen molar-refractivity contribution in [2.75, 3.05) is 32.4 Å². The minimum atomic E-state index is -3.22. The monoisotopic (exact) mass is 360 g/mol. The van der Waals surface area contributed by atoms with E-state index in [9.17, 15) is 13.2 Å². The molecule has 1 heterocycles. The van der Waals surface area contributed by atoms with Crippen molar-refractivity contribution in [1.29, 1.82) is 0 Å². The number of sulfonamides is 1. The van der Waals surface area contributed by atoms with Gasteiger partial charge in [-0.15, -0.1) is 0 Å². The van der Waals surface area contributed by atoms with E-state index >= 15 is 0 Å². The molecule has 1 fully saturated rings. The summed E-state index contributed by atoms with van der Waals surface area (Å²) in [4.78, 5) is 14.1. The van der Waals surface area contributed by atoms with Gasteiger partial charge in [0.15, 0.2) is 6.10 Å². The van der Waals surface area contributed by atoms with Gasteiger partial charge < -0.3 is 9.64 Å². The Morgan fingerprint density at radius 2 is 2.00 bits per heavy atom. The summed E-state index contributed by atoms with van der Waals surface area (Å²) in [7, 11) is -3.22. The first kappa shape index (κ1) is 18.0. The van der Waals surface area contributed by atoms with Crippen LogP contribution in [-0.4, -0.2) is 62.1 Å². The lowest BCUT2D eigenvalue weighted by molar-refractivity contribution is -0.137. The van der Waals surface area contributed by atoms with Crippen molar-refractivity contribution in [3.8, 4) is 5.75 Å². The molecule has 1 aromatic carbocycles. The van der Waals surface area contributed by atoms with Crippen LogP contribution in [0.5, 0.6) is 5.75 Å². The SMILES string of the molecule is CC(Oc1cccc(Cl)c1)C(=O)N1CCCN(S(C)(=O)=O)CC1. The quantitative estimate of drug-likeness (QED) is 0.818. The highest BCUT2D eigenvalue weighted by molar-refractivity contribution is 7.88. The maximum Gasteiger partial charge on any atom is 0.263 e. The summed E-state index contributed by atoms with van der Waals surface area (Å²) in [6.45, 7) is 3.33. The molecule has 1 aliphatic rings. The van der Waals surface area contributed by atoms with Crippen LogP contribution in [0.2, 0.25) is 5.02 Å². The Morgan fingerprint density at radius 3 is 2.65 bits per heavy atom. The second kappa shape index (κ2) is 7.51. The lowest BCUT2D eigenvalue weighted by Gasteiger charge is -2.24. The number of halogens is 1. The highest BCUT2D eigenvalue weighted by Crippen LogP contribution is 2.19. The Morgan fingerprint density at radius 1 is 1.26 bits per heavy atom. The van der Waals surface area contributed by atoms with E-state index in [0.29, 0.717) is 43.4 Å². The first-order valence-electron chi connectivity index (χ1n) is 7.43. The molecule has 0 N–H and O–H groups in total. The molecular formula is C15H21ClN2O4S. The third-order valence-corrected chi connectivity index (χ3v) is 5.23. The zero-order chi connectivity index (χ0) is 17.0. The van der Waals surface area contributed by atoms with Crippen molar-refractivity contribution in [1.82, 2.24) is 9.21 Å². The summed E-state index contributed by atoms with van der Waals surface area (Å²) in [6, 6.07) is 6.88. The van der Waals surface area contributed by atoms with E-state index in [-0.39, 0.29) is 5.91 Å². The third-order valence-electron chi connectivity index (χ3n) is 3.69. The number of amides is 1. The number of hydrogen-bond donors (Lipinski definition) is 0. The molecule has 8 heteroatoms. The molecular weight excluding hydrogens is 340 g/mol. The molecule has 0 radical (unpaired) electrons. The topological polar surface area (TPSA) is 66.9 Å². The van der Waals surface area contributed by atoms with Gasteiger partial charge in [-0.1, -0.05) is 17.7 Å². The van der Waals surface area contributed by atoms with Crippen LogP contribution in [0.1, 0.15) is 13.3 Å². The van der Waals surface area contributed by atoms with Crippen LogP contribution in [0.4, 0.5) is 0 Å². The second-order valence-electron chi connectivity index (χ2n) is 5.56. The molecule has 0 aromatic heterocycles. The van der Waals surface area contributed by atoms with Gasteiger partial charge in [-0.25, -0.2) is 12.7 Å². The van der Waals surface area contributed by atoms with Crippen molar-refractivity contribution >= 4 is 27.5 Å². The summed E-state index contributed by atoms with van der Waals surface area (Å²) < 4.78 is 30.3. The van der Waals surface area contributed by atoms with E-state index in [1.54, 1.807) is 36.1 Å². The number of hydrogen-bond acceptors (Lipinski definition) is 4. The van der Waals surface area contributed by atoms with E-state index in [0.717, 1.165) is 0 Å². The number of benzene rings is 1. The second-order valence-corrected chi connectivity index (χ2v) is 7.98. The molecule has 1 saturated heterocycles. The van der Waals surface area contributed by atoms with Crippen molar-refractivity contribution in [3.05, 3.63) is 29.3 Å². The fourth-order valence-electron chi connectivity index (χ4n) is 2.50. The average molecular weight is 361 g/mol. The molecule has 0 spiro atoms. The Bertz CT molecular complexity index is 665. The summed E-state index contributed by atoms with van der Waals surface area (Å²) >= 11 is 5.90. The average Bonchev–Trinajstić information content (AvgIpc) is 2.72. The molecule has 128 valence electrons. The third kappa shape index (κ3) is 5.09. The number of rotatable bonds is 4. The number of carbonyl (C=O) groups excluding carboxylic acids is 1. The number of ether oxygens (including phenoxy) is 1. The largest absolute Gasteiger partial charge is 0.481 e. The number of nitrogens with zero attached hydrogens (tertiary/aromatic N) is 2. The van der Waals surface area contributed by atoms with Crippen LogP contribution < -0.4 is 4.74 Å². The Labute approximate surface area is 142 Å². The highest BCUT2D eigenvalue weighted by Gasteiger charge is 2.27. The normalized spacial score (nSPS) is 18.3. The summed E-state index contributed by atoms with van der Waals surface area (Å²) in [5.74, 6) is 0.381. The van der Waals surface area contributed by atoms with E-state index in [1.165, 1.54) is 10.6 Å². The van der Waals surface area contributed by atoms with Gasteiger partial charge in [0.25, 0.3) is 5.91 Å². The molecule has 0 saturated carbocycles. The van der Waals surface area contributed by atoms with E-state index < -0.39 is 16.1 Å². The summed E-state index contributed by atoms with van der Waals surface area (Å²) in [5, 5.41) is 0.542. The molecule has 0 aliphatic carbocycles. The van der Waals surface area contributed by atoms with Crippen LogP contribution >= 0.6 is 11.6 Å². The van der Waals surface area contributed by atoms with Crippen LogP contribution in [0.25, 0.3) is 0 Å². The Hall–Kier alpha value is -1.31. The Balaban J connectivity index is 1.97. The van der Waals surface area contributed by atoms with Crippen LogP contribution in [0.15, 0.2) is 24.3 Å². The maximum absolute atomic E-state index is 12.5. The first-order valence-corrected chi connectivity index (χ1v) is 9.66. The summed E-state index contributed by atoms with van der Waals surface area (Å²) in [6.07, 6.45) is 1.15. The lowest BCUT2D eigenvalue weighted by Crippen LogP contribution is -2.42. The van der Waals surface area contributed by atoms with Gasteiger partial charge in [-0.05, 0) is 31.5 Å². The number of carbonyl (C=O) groups is 1. The predicted molar refractivity (Wildman–Crippen MR) is 89.2 cm³/mol. The van der Waals surface area contributed by atoms with Crippen LogP contribution in [0.3, 0.4) is 0 Å². The van der Waals surface area contributed by atoms with Crippen molar-refractivity contribution in [2.45, 2.75) is 19.4 Å². The Kier molecular flexibility index (Phi) is 5.89. The van der Waals surface area contributed by atoms with Crippen LogP contribution in [-0.2, 0) is 14.8 Å². The fourth-order valence-corrected chi connectivity index (χ4v) is 3.55. The minimum Gasteiger partial charge on any atom is -0.481 e. The highest BCUT2D eigenvalue weighted by atomic mass is 35.5. The van der Waals surface area contributed by atoms with E-state index in [4.69, 9.17) is 16.3 Å². The van der Waals surface area contributed by atoms with Gasteiger partial charge in [0.05, 0.1) is 6.26 Å². The van der Waals surface area contributed by atoms with Crippen molar-refractivity contribution < 1.29 is 17.9 Å². The molecule has 1 amide bonds. The van der Waals surface area contributed by atoms with E-state index in [1.807, 2.05) is 0 Å². The van der Waals surface area contributed by atoms with Gasteiger partial charge in [-0.2, -0.15) is 0 Å². The van der Waals surface area contributed by atoms with Gasteiger partial charge in [0, 0.05) is 31.2 Å². The fraction of sp³-hybridized carbons (Fsp3) is 0.533. The molecule has 1 atom stereocenters. The lowest BCUT2D eigenvalue weighted by atomic mass is 10.3. The summed E-state index contributed by atoms with van der Waals surface area (Å²) in [5.41, 5.74) is 0. The molecule has 0 bridgehead atoms.